The summed E-state index contributed by atoms with van der Waals surface area (Å²) in [5, 5.41) is 6.66. The van der Waals surface area contributed by atoms with Crippen LogP contribution in [0.15, 0.2) is 55.6 Å². The zero-order chi connectivity index (χ0) is 20.3. The summed E-state index contributed by atoms with van der Waals surface area (Å²) in [7, 11) is 0. The zero-order valence-corrected chi connectivity index (χ0v) is 19.4. The Morgan fingerprint density at radius 2 is 0.964 bits per heavy atom. The van der Waals surface area contributed by atoms with Crippen molar-refractivity contribution in [2.24, 2.45) is 9.98 Å². The zero-order valence-electron chi connectivity index (χ0n) is 16.3. The number of benzene rings is 2. The van der Waals surface area contributed by atoms with Gasteiger partial charge in [-0.05, 0) is 106 Å². The van der Waals surface area contributed by atoms with Crippen molar-refractivity contribution in [2.75, 3.05) is 10.6 Å². The minimum absolute atomic E-state index is 0.832. The van der Waals surface area contributed by atoms with E-state index in [1.165, 1.54) is 22.3 Å². The van der Waals surface area contributed by atoms with Crippen molar-refractivity contribution in [1.82, 2.24) is 0 Å². The highest BCUT2D eigenvalue weighted by Crippen LogP contribution is 2.31. The van der Waals surface area contributed by atoms with Gasteiger partial charge in [-0.25, -0.2) is 0 Å². The highest BCUT2D eigenvalue weighted by molar-refractivity contribution is 9.12. The molecule has 2 aromatic rings. The molecule has 1 aliphatic rings. The lowest BCUT2D eigenvalue weighted by Crippen LogP contribution is -1.95. The average molecular weight is 502 g/mol. The van der Waals surface area contributed by atoms with Crippen LogP contribution in [-0.2, 0) is 0 Å². The summed E-state index contributed by atoms with van der Waals surface area (Å²) in [6.45, 7) is 8.35. The first kappa shape index (κ1) is 20.6. The standard InChI is InChI=1S/C22H22Br2N4/c1-13-5-19-20(6-14(13)2)26-10-18(24)12-28-22-8-16(4)15(3)7-21(22)27-11-17(23)9-25-19/h5-12,25,28H,1-4H3/b17-9+,18-12+,26-10?,27-11?. The number of aryl methyl sites for hydroxylation is 4. The molecule has 144 valence electrons. The van der Waals surface area contributed by atoms with Crippen LogP contribution in [-0.4, -0.2) is 12.4 Å². The topological polar surface area (TPSA) is 48.8 Å². The molecule has 0 spiro atoms. The highest BCUT2D eigenvalue weighted by atomic mass is 79.9. The van der Waals surface area contributed by atoms with Crippen molar-refractivity contribution in [3.63, 3.8) is 0 Å². The van der Waals surface area contributed by atoms with Crippen molar-refractivity contribution in [3.8, 4) is 0 Å². The Morgan fingerprint density at radius 1 is 0.607 bits per heavy atom. The molecule has 0 unspecified atom stereocenters. The van der Waals surface area contributed by atoms with Crippen LogP contribution in [0.2, 0.25) is 0 Å². The maximum atomic E-state index is 4.65. The van der Waals surface area contributed by atoms with Crippen LogP contribution in [0.4, 0.5) is 22.7 Å². The molecule has 28 heavy (non-hydrogen) atoms. The van der Waals surface area contributed by atoms with Crippen LogP contribution >= 0.6 is 31.9 Å². The van der Waals surface area contributed by atoms with E-state index in [4.69, 9.17) is 0 Å². The van der Waals surface area contributed by atoms with Crippen LogP contribution in [0, 0.1) is 27.7 Å². The predicted octanol–water partition coefficient (Wildman–Crippen LogP) is 7.34. The Labute approximate surface area is 182 Å². The number of aliphatic imine (C=N–C) groups is 2. The number of rotatable bonds is 0. The lowest BCUT2D eigenvalue weighted by molar-refractivity contribution is 1.32. The van der Waals surface area contributed by atoms with E-state index in [1.807, 2.05) is 12.4 Å². The monoisotopic (exact) mass is 500 g/mol. The maximum absolute atomic E-state index is 4.65. The Kier molecular flexibility index (Phi) is 6.52. The highest BCUT2D eigenvalue weighted by Gasteiger charge is 2.06. The minimum Gasteiger partial charge on any atom is -0.359 e. The first-order valence-electron chi connectivity index (χ1n) is 8.88. The number of halogens is 2. The number of fused-ring (bicyclic) bond motifs is 2. The minimum atomic E-state index is 0.832. The van der Waals surface area contributed by atoms with Gasteiger partial charge in [0.15, 0.2) is 0 Å². The van der Waals surface area contributed by atoms with Gasteiger partial charge in [0.2, 0.25) is 0 Å². The first-order valence-corrected chi connectivity index (χ1v) is 10.5. The van der Waals surface area contributed by atoms with Crippen LogP contribution in [0.25, 0.3) is 0 Å². The fourth-order valence-corrected chi connectivity index (χ4v) is 3.11. The average Bonchev–Trinajstić information content (AvgIpc) is 2.66. The molecule has 0 saturated heterocycles. The second kappa shape index (κ2) is 8.88. The van der Waals surface area contributed by atoms with Crippen molar-refractivity contribution in [2.45, 2.75) is 27.7 Å². The third-order valence-electron chi connectivity index (χ3n) is 4.61. The Bertz CT molecular complexity index is 950. The number of allylic oxidation sites excluding steroid dienone is 2. The third kappa shape index (κ3) is 5.00. The maximum Gasteiger partial charge on any atom is 0.0867 e. The number of hydrogen-bond acceptors (Lipinski definition) is 4. The van der Waals surface area contributed by atoms with Crippen molar-refractivity contribution >= 4 is 67.0 Å². The Morgan fingerprint density at radius 3 is 1.36 bits per heavy atom. The molecule has 0 amide bonds. The van der Waals surface area contributed by atoms with Gasteiger partial charge in [0.1, 0.15) is 0 Å². The van der Waals surface area contributed by atoms with Crippen LogP contribution in [0.3, 0.4) is 0 Å². The van der Waals surface area contributed by atoms with Gasteiger partial charge in [-0.15, -0.1) is 0 Å². The fourth-order valence-electron chi connectivity index (χ4n) is 2.68. The summed E-state index contributed by atoms with van der Waals surface area (Å²) in [5.74, 6) is 0. The molecule has 0 fully saturated rings. The van der Waals surface area contributed by atoms with Gasteiger partial charge in [0.05, 0.1) is 31.7 Å². The molecule has 2 aromatic carbocycles. The van der Waals surface area contributed by atoms with Gasteiger partial charge >= 0.3 is 0 Å². The molecule has 0 atom stereocenters. The molecule has 0 aromatic heterocycles. The molecule has 0 saturated carbocycles. The number of anilines is 2. The van der Waals surface area contributed by atoms with E-state index < -0.39 is 0 Å². The molecule has 2 N–H and O–H groups in total. The molecule has 0 radical (unpaired) electrons. The van der Waals surface area contributed by atoms with E-state index in [1.54, 1.807) is 12.4 Å². The normalized spacial score (nSPS) is 17.8. The van der Waals surface area contributed by atoms with Gasteiger partial charge < -0.3 is 10.6 Å². The number of hydrogen-bond donors (Lipinski definition) is 2. The van der Waals surface area contributed by atoms with Gasteiger partial charge in [-0.3, -0.25) is 9.98 Å². The van der Waals surface area contributed by atoms with Gasteiger partial charge in [-0.2, -0.15) is 0 Å². The third-order valence-corrected chi connectivity index (χ3v) is 5.48. The predicted molar refractivity (Wildman–Crippen MR) is 129 cm³/mol. The molecule has 1 aliphatic heterocycles. The lowest BCUT2D eigenvalue weighted by atomic mass is 10.1. The molecule has 1 heterocycles. The summed E-state index contributed by atoms with van der Waals surface area (Å²) in [5.41, 5.74) is 8.40. The van der Waals surface area contributed by atoms with Gasteiger partial charge in [-0.1, -0.05) is 0 Å². The van der Waals surface area contributed by atoms with Gasteiger partial charge in [0, 0.05) is 24.8 Å². The van der Waals surface area contributed by atoms with Crippen molar-refractivity contribution in [3.05, 3.63) is 67.9 Å². The van der Waals surface area contributed by atoms with Crippen molar-refractivity contribution < 1.29 is 0 Å². The van der Waals surface area contributed by atoms with E-state index in [-0.39, 0.29) is 0 Å². The first-order chi connectivity index (χ1) is 13.3. The summed E-state index contributed by atoms with van der Waals surface area (Å²) in [4.78, 5) is 9.30. The summed E-state index contributed by atoms with van der Waals surface area (Å²) >= 11 is 7.13. The van der Waals surface area contributed by atoms with E-state index in [0.717, 1.165) is 31.7 Å². The quantitative estimate of drug-likeness (QED) is 0.396. The molecular weight excluding hydrogens is 480 g/mol. The summed E-state index contributed by atoms with van der Waals surface area (Å²) in [6.07, 6.45) is 7.32. The van der Waals surface area contributed by atoms with Crippen molar-refractivity contribution in [1.29, 1.82) is 0 Å². The molecule has 0 bridgehead atoms. The molecule has 0 aliphatic carbocycles. The van der Waals surface area contributed by atoms with Crippen LogP contribution < -0.4 is 10.6 Å². The number of nitrogens with one attached hydrogen (secondary N) is 2. The summed E-state index contributed by atoms with van der Waals surface area (Å²) < 4.78 is 1.66. The second-order valence-electron chi connectivity index (χ2n) is 6.77. The van der Waals surface area contributed by atoms with Gasteiger partial charge in [0.25, 0.3) is 0 Å². The van der Waals surface area contributed by atoms with Crippen LogP contribution in [0.5, 0.6) is 0 Å². The van der Waals surface area contributed by atoms with E-state index in [0.29, 0.717) is 0 Å². The summed E-state index contributed by atoms with van der Waals surface area (Å²) in [6, 6.07) is 8.34. The molecule has 6 heteroatoms. The number of nitrogens with zero attached hydrogens (tertiary/aromatic N) is 2. The SMILES string of the molecule is Cc1cc2c(cc1C)N/C=C(/Br)C=Nc1cc(C)c(C)cc1N/C=C(/Br)C=N2. The van der Waals surface area contributed by atoms with E-state index >= 15 is 0 Å². The second-order valence-corrected chi connectivity index (χ2v) is 8.60. The molecule has 3 rings (SSSR count). The Balaban J connectivity index is 2.09. The largest absolute Gasteiger partial charge is 0.359 e. The van der Waals surface area contributed by atoms with E-state index in [9.17, 15) is 0 Å². The Hall–Kier alpha value is -2.18. The molecular formula is C22H22Br2N4. The fraction of sp³-hybridized carbons (Fsp3) is 0.182. The van der Waals surface area contributed by atoms with Crippen LogP contribution in [0.1, 0.15) is 22.3 Å². The smallest absolute Gasteiger partial charge is 0.0867 e. The molecule has 4 nitrogen and oxygen atoms in total. The lowest BCUT2D eigenvalue weighted by Gasteiger charge is -2.11. The van der Waals surface area contributed by atoms with E-state index in [2.05, 4.69) is 104 Å².